The van der Waals surface area contributed by atoms with Gasteiger partial charge in [-0.3, -0.25) is 4.79 Å². The molecule has 20 heavy (non-hydrogen) atoms. The molecule has 0 aliphatic carbocycles. The highest BCUT2D eigenvalue weighted by atomic mass is 32.1. The monoisotopic (exact) mass is 299 g/mol. The predicted molar refractivity (Wildman–Crippen MR) is 79.1 cm³/mol. The lowest BCUT2D eigenvalue weighted by molar-refractivity contribution is -0.115. The minimum Gasteiger partial charge on any atom is -0.444 e. The molecular weight excluding hydrogens is 278 g/mol. The molecule has 7 heteroatoms. The van der Waals surface area contributed by atoms with Gasteiger partial charge in [-0.05, 0) is 26.7 Å². The number of nitrogens with one attached hydrogen (secondary N) is 2. The van der Waals surface area contributed by atoms with Gasteiger partial charge in [0.1, 0.15) is 12.1 Å². The van der Waals surface area contributed by atoms with Crippen LogP contribution in [0.15, 0.2) is 6.20 Å². The van der Waals surface area contributed by atoms with Gasteiger partial charge in [0.05, 0.1) is 0 Å². The van der Waals surface area contributed by atoms with Gasteiger partial charge in [0.15, 0.2) is 5.13 Å². The standard InChI is InChI=1S/C13H21N3O3S/c1-8(2)9-6-14-11(20-9)16-10(17)7-15-12(18)19-13(3,4)5/h6,8H,7H2,1-5H3,(H,15,18)(H,14,16,17). The number of hydrogen-bond acceptors (Lipinski definition) is 5. The molecule has 0 aliphatic rings. The third kappa shape index (κ3) is 6.01. The number of amides is 2. The summed E-state index contributed by atoms with van der Waals surface area (Å²) in [6.07, 6.45) is 1.13. The van der Waals surface area contributed by atoms with Crippen LogP contribution in [-0.2, 0) is 9.53 Å². The molecule has 0 spiro atoms. The van der Waals surface area contributed by atoms with Crippen molar-refractivity contribution in [1.29, 1.82) is 0 Å². The minimum atomic E-state index is -0.616. The number of ether oxygens (including phenoxy) is 1. The summed E-state index contributed by atoms with van der Waals surface area (Å²) in [5, 5.41) is 5.56. The molecule has 2 N–H and O–H groups in total. The zero-order chi connectivity index (χ0) is 15.3. The lowest BCUT2D eigenvalue weighted by Gasteiger charge is -2.19. The van der Waals surface area contributed by atoms with E-state index >= 15 is 0 Å². The Morgan fingerprint density at radius 2 is 2.05 bits per heavy atom. The van der Waals surface area contributed by atoms with Crippen molar-refractivity contribution in [3.63, 3.8) is 0 Å². The Morgan fingerprint density at radius 3 is 2.55 bits per heavy atom. The number of nitrogens with zero attached hydrogens (tertiary/aromatic N) is 1. The van der Waals surface area contributed by atoms with Crippen molar-refractivity contribution in [1.82, 2.24) is 10.3 Å². The number of thiazole rings is 1. The van der Waals surface area contributed by atoms with E-state index in [2.05, 4.69) is 29.5 Å². The van der Waals surface area contributed by atoms with Gasteiger partial charge < -0.3 is 15.4 Å². The fraction of sp³-hybridized carbons (Fsp3) is 0.615. The molecule has 0 bridgehead atoms. The van der Waals surface area contributed by atoms with E-state index in [-0.39, 0.29) is 12.5 Å². The Labute approximate surface area is 122 Å². The van der Waals surface area contributed by atoms with E-state index in [1.54, 1.807) is 27.0 Å². The van der Waals surface area contributed by atoms with Crippen LogP contribution >= 0.6 is 11.3 Å². The zero-order valence-electron chi connectivity index (χ0n) is 12.4. The van der Waals surface area contributed by atoms with Crippen molar-refractivity contribution in [3.05, 3.63) is 11.1 Å². The summed E-state index contributed by atoms with van der Waals surface area (Å²) in [5.41, 5.74) is -0.581. The SMILES string of the molecule is CC(C)c1cnc(NC(=O)CNC(=O)OC(C)(C)C)s1. The summed E-state index contributed by atoms with van der Waals surface area (Å²) in [6.45, 7) is 9.25. The van der Waals surface area contributed by atoms with Crippen molar-refractivity contribution >= 4 is 28.5 Å². The highest BCUT2D eigenvalue weighted by molar-refractivity contribution is 7.15. The number of anilines is 1. The van der Waals surface area contributed by atoms with Gasteiger partial charge >= 0.3 is 6.09 Å². The molecular formula is C13H21N3O3S. The van der Waals surface area contributed by atoms with Crippen molar-refractivity contribution < 1.29 is 14.3 Å². The summed E-state index contributed by atoms with van der Waals surface area (Å²) in [5.74, 6) is 0.0403. The molecule has 0 aromatic carbocycles. The lowest BCUT2D eigenvalue weighted by Crippen LogP contribution is -2.37. The van der Waals surface area contributed by atoms with E-state index in [1.165, 1.54) is 11.3 Å². The third-order valence-corrected chi connectivity index (χ3v) is 3.34. The molecule has 0 fully saturated rings. The molecule has 0 atom stereocenters. The van der Waals surface area contributed by atoms with Crippen molar-refractivity contribution in [2.45, 2.75) is 46.1 Å². The molecule has 0 radical (unpaired) electrons. The number of carbonyl (C=O) groups excluding carboxylic acids is 2. The summed E-state index contributed by atoms with van der Waals surface area (Å²) >= 11 is 1.43. The van der Waals surface area contributed by atoms with E-state index in [9.17, 15) is 9.59 Å². The van der Waals surface area contributed by atoms with Crippen LogP contribution in [0.3, 0.4) is 0 Å². The molecule has 0 aliphatic heterocycles. The van der Waals surface area contributed by atoms with Crippen molar-refractivity contribution in [2.24, 2.45) is 0 Å². The molecule has 2 amide bonds. The number of aromatic nitrogens is 1. The molecule has 112 valence electrons. The molecule has 0 unspecified atom stereocenters. The number of carbonyl (C=O) groups is 2. The number of alkyl carbamates (subject to hydrolysis) is 1. The highest BCUT2D eigenvalue weighted by Crippen LogP contribution is 2.24. The first kappa shape index (κ1) is 16.4. The number of rotatable bonds is 4. The first-order chi connectivity index (χ1) is 9.17. The fourth-order valence-corrected chi connectivity index (χ4v) is 2.08. The van der Waals surface area contributed by atoms with Crippen LogP contribution in [0.2, 0.25) is 0 Å². The van der Waals surface area contributed by atoms with E-state index in [4.69, 9.17) is 4.74 Å². The van der Waals surface area contributed by atoms with Gasteiger partial charge in [0.25, 0.3) is 0 Å². The van der Waals surface area contributed by atoms with Gasteiger partial charge in [-0.25, -0.2) is 9.78 Å². The normalized spacial score (nSPS) is 11.3. The Kier molecular flexibility index (Phi) is 5.50. The molecule has 1 rings (SSSR count). The summed E-state index contributed by atoms with van der Waals surface area (Å²) < 4.78 is 5.03. The molecule has 6 nitrogen and oxygen atoms in total. The van der Waals surface area contributed by atoms with Crippen molar-refractivity contribution in [3.8, 4) is 0 Å². The highest BCUT2D eigenvalue weighted by Gasteiger charge is 2.17. The lowest BCUT2D eigenvalue weighted by atomic mass is 10.2. The van der Waals surface area contributed by atoms with Crippen LogP contribution in [0.25, 0.3) is 0 Å². The first-order valence-corrected chi connectivity index (χ1v) is 7.21. The minimum absolute atomic E-state index is 0.147. The van der Waals surface area contributed by atoms with Gasteiger partial charge in [0.2, 0.25) is 5.91 Å². The van der Waals surface area contributed by atoms with E-state index in [0.29, 0.717) is 11.0 Å². The predicted octanol–water partition coefficient (Wildman–Crippen LogP) is 2.73. The summed E-state index contributed by atoms with van der Waals surface area (Å²) in [7, 11) is 0. The maximum atomic E-state index is 11.6. The smallest absolute Gasteiger partial charge is 0.408 e. The van der Waals surface area contributed by atoms with Crippen LogP contribution in [0, 0.1) is 0 Å². The zero-order valence-corrected chi connectivity index (χ0v) is 13.3. The van der Waals surface area contributed by atoms with E-state index < -0.39 is 11.7 Å². The molecule has 1 aromatic heterocycles. The Balaban J connectivity index is 2.38. The second kappa shape index (κ2) is 6.69. The van der Waals surface area contributed by atoms with Crippen LogP contribution in [-0.4, -0.2) is 29.1 Å². The van der Waals surface area contributed by atoms with Crippen LogP contribution < -0.4 is 10.6 Å². The molecule has 0 saturated heterocycles. The Bertz CT molecular complexity index is 477. The second-order valence-corrected chi connectivity index (χ2v) is 6.69. The molecule has 1 aromatic rings. The summed E-state index contributed by atoms with van der Waals surface area (Å²) in [4.78, 5) is 28.2. The quantitative estimate of drug-likeness (QED) is 0.895. The maximum absolute atomic E-state index is 11.6. The molecule has 0 saturated carbocycles. The first-order valence-electron chi connectivity index (χ1n) is 6.40. The average molecular weight is 299 g/mol. The largest absolute Gasteiger partial charge is 0.444 e. The van der Waals surface area contributed by atoms with Crippen LogP contribution in [0.5, 0.6) is 0 Å². The Hall–Kier alpha value is -1.63. The molecule has 1 heterocycles. The second-order valence-electron chi connectivity index (χ2n) is 5.63. The van der Waals surface area contributed by atoms with Gasteiger partial charge in [-0.2, -0.15) is 0 Å². The maximum Gasteiger partial charge on any atom is 0.408 e. The topological polar surface area (TPSA) is 80.3 Å². The van der Waals surface area contributed by atoms with Gasteiger partial charge in [-0.1, -0.05) is 13.8 Å². The van der Waals surface area contributed by atoms with Gasteiger partial charge in [0, 0.05) is 11.1 Å². The fourth-order valence-electron chi connectivity index (χ4n) is 1.24. The third-order valence-electron chi connectivity index (χ3n) is 2.13. The van der Waals surface area contributed by atoms with Crippen LogP contribution in [0.4, 0.5) is 9.93 Å². The van der Waals surface area contributed by atoms with E-state index in [0.717, 1.165) is 4.88 Å². The average Bonchev–Trinajstić information content (AvgIpc) is 2.72. The van der Waals surface area contributed by atoms with E-state index in [1.807, 2.05) is 0 Å². The van der Waals surface area contributed by atoms with Crippen molar-refractivity contribution in [2.75, 3.05) is 11.9 Å². The summed E-state index contributed by atoms with van der Waals surface area (Å²) in [6, 6.07) is 0. The Morgan fingerprint density at radius 1 is 1.40 bits per heavy atom. The number of hydrogen-bond donors (Lipinski definition) is 2. The van der Waals surface area contributed by atoms with Crippen LogP contribution in [0.1, 0.15) is 45.4 Å². The van der Waals surface area contributed by atoms with Gasteiger partial charge in [-0.15, -0.1) is 11.3 Å².